The molecule has 1 aromatic carbocycles. The van der Waals surface area contributed by atoms with E-state index in [1.165, 1.54) is 12.7 Å². The number of esters is 1. The number of H-pyrrole nitrogens is 1. The van der Waals surface area contributed by atoms with Crippen LogP contribution in [0.3, 0.4) is 0 Å². The Hall–Kier alpha value is -2.11. The third kappa shape index (κ3) is 2.58. The lowest BCUT2D eigenvalue weighted by Crippen LogP contribution is -2.53. The molecule has 4 unspecified atom stereocenters. The first-order chi connectivity index (χ1) is 12.1. The molecule has 1 aliphatic carbocycles. The summed E-state index contributed by atoms with van der Waals surface area (Å²) in [7, 11) is 1.44. The number of methoxy groups -OCH3 is 1. The maximum absolute atomic E-state index is 12.5. The minimum atomic E-state index is -0.617. The van der Waals surface area contributed by atoms with Crippen LogP contribution in [-0.4, -0.2) is 35.8 Å². The van der Waals surface area contributed by atoms with Crippen molar-refractivity contribution >= 4 is 16.9 Å². The fraction of sp³-hybridized carbons (Fsp3) is 0.450. The molecule has 2 aromatic rings. The number of aromatic nitrogens is 1. The van der Waals surface area contributed by atoms with Crippen LogP contribution in [-0.2, 0) is 16.0 Å². The molecule has 2 aliphatic rings. The molecular weight excluding hydrogens is 316 g/mol. The van der Waals surface area contributed by atoms with Gasteiger partial charge in [0, 0.05) is 29.2 Å². The molecule has 1 saturated heterocycles. The molecule has 2 heterocycles. The molecule has 4 rings (SSSR count). The number of nitrogens with one attached hydrogen (secondary N) is 2. The van der Waals surface area contributed by atoms with Crippen molar-refractivity contribution in [2.24, 2.45) is 11.8 Å². The fourth-order valence-electron chi connectivity index (χ4n) is 4.60. The zero-order valence-electron chi connectivity index (χ0n) is 14.6. The lowest BCUT2D eigenvalue weighted by molar-refractivity contribution is -0.149. The normalized spacial score (nSPS) is 30.6. The van der Waals surface area contributed by atoms with Crippen molar-refractivity contribution in [3.8, 4) is 0 Å². The first-order valence-corrected chi connectivity index (χ1v) is 8.87. The molecular formula is C20H24N2O3. The van der Waals surface area contributed by atoms with Crippen molar-refractivity contribution < 1.29 is 14.6 Å². The van der Waals surface area contributed by atoms with Gasteiger partial charge in [-0.2, -0.15) is 0 Å². The Balaban J connectivity index is 1.86. The van der Waals surface area contributed by atoms with Gasteiger partial charge in [0.15, 0.2) is 0 Å². The van der Waals surface area contributed by atoms with Crippen LogP contribution in [0, 0.1) is 11.8 Å². The second kappa shape index (κ2) is 6.32. The number of ether oxygens (including phenoxy) is 1. The van der Waals surface area contributed by atoms with Crippen molar-refractivity contribution in [3.63, 3.8) is 0 Å². The number of aliphatic hydroxyl groups excluding tert-OH is 1. The van der Waals surface area contributed by atoms with Gasteiger partial charge in [0.2, 0.25) is 0 Å². The molecule has 1 aromatic heterocycles. The van der Waals surface area contributed by atoms with E-state index in [4.69, 9.17) is 4.74 Å². The average Bonchev–Trinajstić information content (AvgIpc) is 2.99. The maximum atomic E-state index is 12.5. The number of para-hydroxylation sites is 1. The Kier molecular flexibility index (Phi) is 4.13. The Morgan fingerprint density at radius 2 is 2.16 bits per heavy atom. The number of carbonyl (C=O) groups is 1. The number of benzene rings is 1. The van der Waals surface area contributed by atoms with Crippen LogP contribution in [0.4, 0.5) is 0 Å². The van der Waals surface area contributed by atoms with Gasteiger partial charge in [0.1, 0.15) is 0 Å². The predicted molar refractivity (Wildman–Crippen MR) is 96.1 cm³/mol. The van der Waals surface area contributed by atoms with E-state index in [0.717, 1.165) is 28.7 Å². The van der Waals surface area contributed by atoms with Gasteiger partial charge < -0.3 is 20.1 Å². The molecule has 4 atom stereocenters. The zero-order chi connectivity index (χ0) is 17.6. The van der Waals surface area contributed by atoms with Crippen LogP contribution >= 0.6 is 0 Å². The van der Waals surface area contributed by atoms with Gasteiger partial charge in [-0.25, -0.2) is 0 Å². The molecule has 25 heavy (non-hydrogen) atoms. The molecule has 0 saturated carbocycles. The predicted octanol–water partition coefficient (Wildman–Crippen LogP) is 2.47. The lowest BCUT2D eigenvalue weighted by Gasteiger charge is -2.41. The van der Waals surface area contributed by atoms with E-state index >= 15 is 0 Å². The summed E-state index contributed by atoms with van der Waals surface area (Å²) in [5.74, 6) is -0.475. The van der Waals surface area contributed by atoms with Crippen molar-refractivity contribution in [2.75, 3.05) is 13.7 Å². The molecule has 0 radical (unpaired) electrons. The average molecular weight is 340 g/mol. The van der Waals surface area contributed by atoms with Gasteiger partial charge in [-0.15, -0.1) is 0 Å². The first kappa shape index (κ1) is 16.4. The third-order valence-corrected chi connectivity index (χ3v) is 5.84. The Bertz CT molecular complexity index is 839. The highest BCUT2D eigenvalue weighted by molar-refractivity contribution is 5.85. The van der Waals surface area contributed by atoms with Crippen LogP contribution in [0.25, 0.3) is 10.9 Å². The van der Waals surface area contributed by atoms with Gasteiger partial charge >= 0.3 is 5.97 Å². The number of piperidine rings is 1. The summed E-state index contributed by atoms with van der Waals surface area (Å²) in [5, 5.41) is 15.6. The lowest BCUT2D eigenvalue weighted by atomic mass is 9.71. The van der Waals surface area contributed by atoms with E-state index in [1.807, 2.05) is 25.1 Å². The number of hydrogen-bond donors (Lipinski definition) is 3. The van der Waals surface area contributed by atoms with Gasteiger partial charge in [-0.1, -0.05) is 29.8 Å². The molecule has 5 heteroatoms. The van der Waals surface area contributed by atoms with E-state index < -0.39 is 6.10 Å². The first-order valence-electron chi connectivity index (χ1n) is 8.87. The van der Waals surface area contributed by atoms with E-state index in [1.54, 1.807) is 0 Å². The minimum Gasteiger partial charge on any atom is -0.469 e. The summed E-state index contributed by atoms with van der Waals surface area (Å²) in [6.45, 7) is 2.74. The number of fused-ring (bicyclic) bond motifs is 5. The molecule has 1 fully saturated rings. The zero-order valence-corrected chi connectivity index (χ0v) is 14.6. The summed E-state index contributed by atoms with van der Waals surface area (Å²) in [5.41, 5.74) is 4.20. The van der Waals surface area contributed by atoms with Gasteiger partial charge in [-0.3, -0.25) is 4.79 Å². The summed E-state index contributed by atoms with van der Waals surface area (Å²) in [6.07, 6.45) is 2.67. The third-order valence-electron chi connectivity index (χ3n) is 5.84. The number of rotatable bonds is 1. The highest BCUT2D eigenvalue weighted by Gasteiger charge is 2.44. The molecule has 0 spiro atoms. The maximum Gasteiger partial charge on any atom is 0.310 e. The van der Waals surface area contributed by atoms with E-state index in [9.17, 15) is 9.90 Å². The van der Waals surface area contributed by atoms with E-state index in [-0.39, 0.29) is 23.8 Å². The summed E-state index contributed by atoms with van der Waals surface area (Å²) in [4.78, 5) is 15.9. The SMILES string of the molecule is CC=C1CNC2Cc3c([nH]c4ccccc34)C(O)CC1C2C(=O)OC. The Labute approximate surface area is 147 Å². The number of aliphatic hydroxyl groups is 1. The summed E-state index contributed by atoms with van der Waals surface area (Å²) >= 11 is 0. The Morgan fingerprint density at radius 3 is 2.92 bits per heavy atom. The van der Waals surface area contributed by atoms with Crippen LogP contribution in [0.1, 0.15) is 30.7 Å². The highest BCUT2D eigenvalue weighted by atomic mass is 16.5. The molecule has 2 bridgehead atoms. The molecule has 1 aliphatic heterocycles. The second-order valence-corrected chi connectivity index (χ2v) is 7.02. The van der Waals surface area contributed by atoms with Crippen molar-refractivity contribution in [1.82, 2.24) is 10.3 Å². The summed E-state index contributed by atoms with van der Waals surface area (Å²) in [6, 6.07) is 8.11. The van der Waals surface area contributed by atoms with Gasteiger partial charge in [-0.05, 0) is 37.3 Å². The number of hydrogen-bond acceptors (Lipinski definition) is 4. The smallest absolute Gasteiger partial charge is 0.310 e. The molecule has 3 N–H and O–H groups in total. The standard InChI is InChI=1S/C20H24N2O3/c1-3-11-10-21-16-8-14-12-6-4-5-7-15(12)22-19(14)17(23)9-13(11)18(16)20(24)25-2/h3-7,13,16-18,21-23H,8-10H2,1-2H3. The van der Waals surface area contributed by atoms with Gasteiger partial charge in [0.25, 0.3) is 0 Å². The molecule has 5 nitrogen and oxygen atoms in total. The van der Waals surface area contributed by atoms with Gasteiger partial charge in [0.05, 0.1) is 19.1 Å². The number of carbonyl (C=O) groups excluding carboxylic acids is 1. The van der Waals surface area contributed by atoms with E-state index in [0.29, 0.717) is 12.8 Å². The van der Waals surface area contributed by atoms with E-state index in [2.05, 4.69) is 22.4 Å². The second-order valence-electron chi connectivity index (χ2n) is 7.02. The summed E-state index contributed by atoms with van der Waals surface area (Å²) < 4.78 is 5.11. The minimum absolute atomic E-state index is 0.00161. The van der Waals surface area contributed by atoms with Crippen LogP contribution < -0.4 is 5.32 Å². The van der Waals surface area contributed by atoms with Crippen molar-refractivity contribution in [1.29, 1.82) is 0 Å². The Morgan fingerprint density at radius 1 is 1.36 bits per heavy atom. The number of aromatic amines is 1. The van der Waals surface area contributed by atoms with Crippen molar-refractivity contribution in [2.45, 2.75) is 31.9 Å². The molecule has 132 valence electrons. The largest absolute Gasteiger partial charge is 0.469 e. The van der Waals surface area contributed by atoms with Crippen LogP contribution in [0.5, 0.6) is 0 Å². The van der Waals surface area contributed by atoms with Crippen LogP contribution in [0.2, 0.25) is 0 Å². The quantitative estimate of drug-likeness (QED) is 0.551. The topological polar surface area (TPSA) is 74.4 Å². The molecule has 0 amide bonds. The van der Waals surface area contributed by atoms with Crippen LogP contribution in [0.15, 0.2) is 35.9 Å². The number of allylic oxidation sites excluding steroid dienone is 1. The highest BCUT2D eigenvalue weighted by Crippen LogP contribution is 2.42. The van der Waals surface area contributed by atoms with Crippen molar-refractivity contribution in [3.05, 3.63) is 47.2 Å². The monoisotopic (exact) mass is 340 g/mol. The fourth-order valence-corrected chi connectivity index (χ4v) is 4.60.